The molecule has 46 heavy (non-hydrogen) atoms. The van der Waals surface area contributed by atoms with Crippen LogP contribution in [0.25, 0.3) is 43.1 Å². The van der Waals surface area contributed by atoms with E-state index >= 15 is 0 Å². The van der Waals surface area contributed by atoms with Crippen molar-refractivity contribution in [2.45, 2.75) is 13.1 Å². The third kappa shape index (κ3) is 3.38. The Morgan fingerprint density at radius 1 is 0.391 bits per heavy atom. The van der Waals surface area contributed by atoms with Crippen LogP contribution in [-0.4, -0.2) is 33.4 Å². The van der Waals surface area contributed by atoms with Gasteiger partial charge in [0.15, 0.2) is 0 Å². The SMILES string of the molecule is O=C1c2ccc3c4ccc5c6c(ccc(c7ccc(c2c37)C(=O)N1Cc1ccccc1F)c64)C(=O)N(Cc1ccccc1F)C5=O. The summed E-state index contributed by atoms with van der Waals surface area (Å²) >= 11 is 0. The summed E-state index contributed by atoms with van der Waals surface area (Å²) in [5.74, 6) is -3.03. The maximum absolute atomic E-state index is 14.5. The predicted molar refractivity (Wildman–Crippen MR) is 169 cm³/mol. The normalized spacial score (nSPS) is 14.6. The van der Waals surface area contributed by atoms with Crippen LogP contribution in [0.3, 0.4) is 0 Å². The molecule has 7 aromatic carbocycles. The molecule has 0 aliphatic carbocycles. The summed E-state index contributed by atoms with van der Waals surface area (Å²) in [4.78, 5) is 57.2. The van der Waals surface area contributed by atoms with Crippen LogP contribution < -0.4 is 0 Å². The Hall–Kier alpha value is -6.02. The standard InChI is InChI=1S/C38H20F2N2O4/c39-29-7-3-1-5-19(29)17-41-35(43)25-13-9-21-23-11-15-27-34-28(38(46)42(37(27)45)18-20-6-2-4-8-30(20)40)16-12-24(32(23)34)22-10-14-26(36(41)44)33(25)31(21)22/h1-16H,17-18H2. The molecule has 7 aromatic rings. The number of benzene rings is 7. The van der Waals surface area contributed by atoms with Crippen molar-refractivity contribution in [2.75, 3.05) is 0 Å². The number of nitrogens with zero attached hydrogens (tertiary/aromatic N) is 2. The molecule has 0 spiro atoms. The summed E-state index contributed by atoms with van der Waals surface area (Å²) in [6.45, 7) is -0.392. The van der Waals surface area contributed by atoms with E-state index in [9.17, 15) is 28.0 Å². The molecule has 0 atom stereocenters. The van der Waals surface area contributed by atoms with Gasteiger partial charge in [0.1, 0.15) is 11.6 Å². The number of fused-ring (bicyclic) bond motifs is 2. The van der Waals surface area contributed by atoms with Gasteiger partial charge in [0.25, 0.3) is 23.6 Å². The van der Waals surface area contributed by atoms with Crippen LogP contribution in [0.1, 0.15) is 52.6 Å². The van der Waals surface area contributed by atoms with E-state index in [1.807, 2.05) is 24.3 Å². The predicted octanol–water partition coefficient (Wildman–Crippen LogP) is 7.61. The zero-order chi connectivity index (χ0) is 31.4. The van der Waals surface area contributed by atoms with Crippen molar-refractivity contribution >= 4 is 66.7 Å². The molecule has 0 radical (unpaired) electrons. The lowest BCUT2D eigenvalue weighted by Gasteiger charge is -2.30. The molecule has 0 N–H and O–H groups in total. The molecule has 0 saturated carbocycles. The minimum Gasteiger partial charge on any atom is -0.270 e. The smallest absolute Gasteiger partial charge is 0.261 e. The van der Waals surface area contributed by atoms with Crippen LogP contribution in [0, 0.1) is 11.6 Å². The van der Waals surface area contributed by atoms with E-state index in [0.29, 0.717) is 33.0 Å². The van der Waals surface area contributed by atoms with Gasteiger partial charge in [0, 0.05) is 44.2 Å². The quantitative estimate of drug-likeness (QED) is 0.117. The Balaban J connectivity index is 1.24. The summed E-state index contributed by atoms with van der Waals surface area (Å²) in [5.41, 5.74) is 1.85. The van der Waals surface area contributed by atoms with Crippen LogP contribution in [0.15, 0.2) is 97.1 Å². The van der Waals surface area contributed by atoms with Crippen LogP contribution in [0.2, 0.25) is 0 Å². The molecule has 220 valence electrons. The molecule has 0 unspecified atom stereocenters. The van der Waals surface area contributed by atoms with Gasteiger partial charge in [-0.05, 0) is 68.7 Å². The number of halogens is 2. The molecule has 2 aliphatic heterocycles. The highest BCUT2D eigenvalue weighted by Crippen LogP contribution is 2.46. The summed E-state index contributed by atoms with van der Waals surface area (Å²) in [6, 6.07) is 26.1. The zero-order valence-corrected chi connectivity index (χ0v) is 23.9. The van der Waals surface area contributed by atoms with Crippen molar-refractivity contribution in [3.05, 3.63) is 142 Å². The van der Waals surface area contributed by atoms with Crippen LogP contribution in [-0.2, 0) is 13.1 Å². The first-order valence-electron chi connectivity index (χ1n) is 14.7. The molecule has 0 saturated heterocycles. The first-order chi connectivity index (χ1) is 22.3. The fourth-order valence-electron chi connectivity index (χ4n) is 7.25. The van der Waals surface area contributed by atoms with Gasteiger partial charge in [-0.3, -0.25) is 29.0 Å². The average Bonchev–Trinajstić information content (AvgIpc) is 3.07. The lowest BCUT2D eigenvalue weighted by Crippen LogP contribution is -2.40. The second kappa shape index (κ2) is 9.25. The summed E-state index contributed by atoms with van der Waals surface area (Å²) in [5, 5.41) is 5.58. The van der Waals surface area contributed by atoms with Crippen molar-refractivity contribution in [3.8, 4) is 0 Å². The van der Waals surface area contributed by atoms with Gasteiger partial charge in [0.05, 0.1) is 13.1 Å². The number of hydrogen-bond acceptors (Lipinski definition) is 4. The van der Waals surface area contributed by atoms with Gasteiger partial charge in [-0.15, -0.1) is 0 Å². The zero-order valence-electron chi connectivity index (χ0n) is 23.9. The molecule has 2 heterocycles. The monoisotopic (exact) mass is 606 g/mol. The van der Waals surface area contributed by atoms with Gasteiger partial charge in [-0.25, -0.2) is 8.78 Å². The van der Waals surface area contributed by atoms with E-state index < -0.39 is 35.3 Å². The van der Waals surface area contributed by atoms with E-state index in [0.717, 1.165) is 42.1 Å². The second-order valence-electron chi connectivity index (χ2n) is 11.7. The molecular formula is C38H20F2N2O4. The van der Waals surface area contributed by atoms with E-state index in [1.54, 1.807) is 60.7 Å². The number of hydrogen-bond donors (Lipinski definition) is 0. The van der Waals surface area contributed by atoms with Crippen LogP contribution >= 0.6 is 0 Å². The second-order valence-corrected chi connectivity index (χ2v) is 11.7. The summed E-state index contributed by atoms with van der Waals surface area (Å²) < 4.78 is 29.0. The van der Waals surface area contributed by atoms with Gasteiger partial charge in [-0.1, -0.05) is 60.7 Å². The Morgan fingerprint density at radius 2 is 0.696 bits per heavy atom. The van der Waals surface area contributed by atoms with Gasteiger partial charge in [0.2, 0.25) is 0 Å². The van der Waals surface area contributed by atoms with Gasteiger partial charge >= 0.3 is 0 Å². The Kier molecular flexibility index (Phi) is 5.30. The number of carbonyl (C=O) groups excluding carboxylic acids is 4. The van der Waals surface area contributed by atoms with Crippen molar-refractivity contribution in [3.63, 3.8) is 0 Å². The average molecular weight is 607 g/mol. The minimum atomic E-state index is -0.508. The van der Waals surface area contributed by atoms with Crippen molar-refractivity contribution < 1.29 is 28.0 Å². The van der Waals surface area contributed by atoms with E-state index in [4.69, 9.17) is 0 Å². The number of imide groups is 2. The summed E-state index contributed by atoms with van der Waals surface area (Å²) in [6.07, 6.45) is 0. The fraction of sp³-hybridized carbons (Fsp3) is 0.0526. The fourth-order valence-corrected chi connectivity index (χ4v) is 7.25. The molecule has 2 aliphatic rings. The highest BCUT2D eigenvalue weighted by Gasteiger charge is 2.37. The molecule has 8 heteroatoms. The first kappa shape index (κ1) is 26.4. The lowest BCUT2D eigenvalue weighted by atomic mass is 9.82. The molecule has 0 fully saturated rings. The maximum atomic E-state index is 14.5. The van der Waals surface area contributed by atoms with Crippen LogP contribution in [0.5, 0.6) is 0 Å². The topological polar surface area (TPSA) is 74.8 Å². The Morgan fingerprint density at radius 3 is 1.00 bits per heavy atom. The largest absolute Gasteiger partial charge is 0.270 e. The van der Waals surface area contributed by atoms with Crippen LogP contribution in [0.4, 0.5) is 8.78 Å². The van der Waals surface area contributed by atoms with Crippen molar-refractivity contribution in [2.24, 2.45) is 0 Å². The minimum absolute atomic E-state index is 0.196. The molecule has 6 nitrogen and oxygen atoms in total. The van der Waals surface area contributed by atoms with E-state index in [-0.39, 0.29) is 24.2 Å². The lowest BCUT2D eigenvalue weighted by molar-refractivity contribution is 0.0581. The molecule has 0 aromatic heterocycles. The van der Waals surface area contributed by atoms with Gasteiger partial charge in [-0.2, -0.15) is 0 Å². The van der Waals surface area contributed by atoms with Crippen molar-refractivity contribution in [1.82, 2.24) is 9.80 Å². The first-order valence-corrected chi connectivity index (χ1v) is 14.7. The Labute approximate surface area is 259 Å². The van der Waals surface area contributed by atoms with Crippen molar-refractivity contribution in [1.29, 1.82) is 0 Å². The highest BCUT2D eigenvalue weighted by atomic mass is 19.1. The molecule has 9 rings (SSSR count). The summed E-state index contributed by atoms with van der Waals surface area (Å²) in [7, 11) is 0. The maximum Gasteiger partial charge on any atom is 0.261 e. The third-order valence-electron chi connectivity index (χ3n) is 9.38. The Bertz CT molecular complexity index is 2260. The van der Waals surface area contributed by atoms with Gasteiger partial charge < -0.3 is 0 Å². The highest BCUT2D eigenvalue weighted by molar-refractivity contribution is 6.41. The third-order valence-corrected chi connectivity index (χ3v) is 9.38. The molecule has 0 bridgehead atoms. The number of amides is 4. The van der Waals surface area contributed by atoms with E-state index in [1.165, 1.54) is 12.1 Å². The van der Waals surface area contributed by atoms with E-state index in [2.05, 4.69) is 0 Å². The molecular weight excluding hydrogens is 586 g/mol. The molecule has 4 amide bonds. The number of carbonyl (C=O) groups is 4. The number of rotatable bonds is 4.